The molecule has 0 fully saturated rings. The lowest BCUT2D eigenvalue weighted by atomic mass is 10.2. The van der Waals surface area contributed by atoms with E-state index in [2.05, 4.69) is 4.84 Å². The van der Waals surface area contributed by atoms with Gasteiger partial charge in [-0.2, -0.15) is 8.42 Å². The van der Waals surface area contributed by atoms with E-state index in [4.69, 9.17) is 21.7 Å². The maximum Gasteiger partial charge on any atom is 0.339 e. The van der Waals surface area contributed by atoms with Gasteiger partial charge in [-0.25, -0.2) is 5.90 Å². The fraction of sp³-hybridized carbons (Fsp3) is 0.0769. The summed E-state index contributed by atoms with van der Waals surface area (Å²) in [5, 5.41) is 0.185. The fourth-order valence-corrected chi connectivity index (χ4v) is 2.71. The van der Waals surface area contributed by atoms with Crippen molar-refractivity contribution in [3.8, 4) is 5.75 Å². The van der Waals surface area contributed by atoms with Crippen LogP contribution in [0.4, 0.5) is 0 Å². The van der Waals surface area contributed by atoms with Crippen LogP contribution in [0.15, 0.2) is 53.4 Å². The lowest BCUT2D eigenvalue weighted by Crippen LogP contribution is -2.10. The van der Waals surface area contributed by atoms with E-state index in [0.29, 0.717) is 5.56 Å². The standard InChI is InChI=1S/C13H12ClNO4S/c14-12-7-6-10(9-18-15)8-13(12)19-20(16,17)11-4-2-1-3-5-11/h1-8H,9,15H2. The van der Waals surface area contributed by atoms with Gasteiger partial charge in [0.25, 0.3) is 0 Å². The normalized spacial score (nSPS) is 11.3. The van der Waals surface area contributed by atoms with Crippen LogP contribution >= 0.6 is 11.6 Å². The molecule has 0 aliphatic carbocycles. The molecule has 0 spiro atoms. The number of halogens is 1. The molecule has 0 atom stereocenters. The minimum atomic E-state index is -3.92. The van der Waals surface area contributed by atoms with Gasteiger partial charge in [-0.15, -0.1) is 0 Å². The molecule has 2 rings (SSSR count). The van der Waals surface area contributed by atoms with Gasteiger partial charge in [0, 0.05) is 0 Å². The van der Waals surface area contributed by atoms with Crippen molar-refractivity contribution in [1.29, 1.82) is 0 Å². The van der Waals surface area contributed by atoms with Crippen molar-refractivity contribution < 1.29 is 17.4 Å². The Bertz CT molecular complexity index is 689. The highest BCUT2D eigenvalue weighted by molar-refractivity contribution is 7.87. The van der Waals surface area contributed by atoms with E-state index >= 15 is 0 Å². The first-order valence-corrected chi connectivity index (χ1v) is 7.41. The summed E-state index contributed by atoms with van der Waals surface area (Å²) >= 11 is 5.93. The molecular weight excluding hydrogens is 302 g/mol. The lowest BCUT2D eigenvalue weighted by Gasteiger charge is -2.09. The molecule has 0 radical (unpaired) electrons. The van der Waals surface area contributed by atoms with E-state index < -0.39 is 10.1 Å². The minimum absolute atomic E-state index is 0.0325. The maximum atomic E-state index is 12.1. The van der Waals surface area contributed by atoms with Crippen molar-refractivity contribution >= 4 is 21.7 Å². The van der Waals surface area contributed by atoms with Gasteiger partial charge in [0.15, 0.2) is 5.75 Å². The Morgan fingerprint density at radius 3 is 2.45 bits per heavy atom. The van der Waals surface area contributed by atoms with Gasteiger partial charge in [0.2, 0.25) is 0 Å². The molecular formula is C13H12ClNO4S. The van der Waals surface area contributed by atoms with E-state index in [0.717, 1.165) is 0 Å². The van der Waals surface area contributed by atoms with Crippen molar-refractivity contribution in [2.24, 2.45) is 5.90 Å². The summed E-state index contributed by atoms with van der Waals surface area (Å²) in [6.45, 7) is 0.124. The zero-order valence-corrected chi connectivity index (χ0v) is 11.9. The van der Waals surface area contributed by atoms with Gasteiger partial charge in [-0.1, -0.05) is 35.9 Å². The first kappa shape index (κ1) is 14.8. The summed E-state index contributed by atoms with van der Waals surface area (Å²) in [4.78, 5) is 4.54. The average Bonchev–Trinajstić information content (AvgIpc) is 2.44. The smallest absolute Gasteiger partial charge is 0.339 e. The zero-order chi connectivity index (χ0) is 14.6. The molecule has 2 aromatic rings. The molecule has 0 saturated heterocycles. The van der Waals surface area contributed by atoms with Crippen LogP contribution in [0.1, 0.15) is 5.56 Å². The van der Waals surface area contributed by atoms with Crippen LogP contribution in [0.25, 0.3) is 0 Å². The van der Waals surface area contributed by atoms with E-state index in [1.165, 1.54) is 24.3 Å². The number of nitrogens with two attached hydrogens (primary N) is 1. The molecule has 0 bridgehead atoms. The maximum absolute atomic E-state index is 12.1. The minimum Gasteiger partial charge on any atom is -0.377 e. The van der Waals surface area contributed by atoms with Crippen molar-refractivity contribution in [2.75, 3.05) is 0 Å². The molecule has 2 aromatic carbocycles. The molecule has 7 heteroatoms. The topological polar surface area (TPSA) is 78.6 Å². The SMILES string of the molecule is NOCc1ccc(Cl)c(OS(=O)(=O)c2ccccc2)c1. The molecule has 0 aromatic heterocycles. The zero-order valence-electron chi connectivity index (χ0n) is 10.3. The first-order valence-electron chi connectivity index (χ1n) is 5.62. The van der Waals surface area contributed by atoms with Crippen molar-refractivity contribution in [1.82, 2.24) is 0 Å². The predicted molar refractivity (Wildman–Crippen MR) is 74.7 cm³/mol. The Balaban J connectivity index is 2.32. The van der Waals surface area contributed by atoms with Crippen LogP contribution in [-0.4, -0.2) is 8.42 Å². The van der Waals surface area contributed by atoms with E-state index in [1.807, 2.05) is 0 Å². The van der Waals surface area contributed by atoms with E-state index in [1.54, 1.807) is 24.3 Å². The summed E-state index contributed by atoms with van der Waals surface area (Å²) in [5.74, 6) is 5.01. The highest BCUT2D eigenvalue weighted by Crippen LogP contribution is 2.28. The molecule has 0 amide bonds. The number of hydrogen-bond donors (Lipinski definition) is 1. The molecule has 2 N–H and O–H groups in total. The van der Waals surface area contributed by atoms with E-state index in [9.17, 15) is 8.42 Å². The van der Waals surface area contributed by atoms with Crippen molar-refractivity contribution in [3.63, 3.8) is 0 Å². The Morgan fingerprint density at radius 2 is 1.80 bits per heavy atom. The second-order valence-electron chi connectivity index (χ2n) is 3.93. The van der Waals surface area contributed by atoms with Crippen LogP contribution in [0.3, 0.4) is 0 Å². The molecule has 0 saturated carbocycles. The Morgan fingerprint density at radius 1 is 1.10 bits per heavy atom. The Hall–Kier alpha value is -1.60. The number of rotatable bonds is 5. The molecule has 20 heavy (non-hydrogen) atoms. The quantitative estimate of drug-likeness (QED) is 0.677. The summed E-state index contributed by atoms with van der Waals surface area (Å²) in [6.07, 6.45) is 0. The van der Waals surface area contributed by atoms with Gasteiger partial charge in [0.1, 0.15) is 4.90 Å². The van der Waals surface area contributed by atoms with Gasteiger partial charge in [-0.05, 0) is 29.8 Å². The second-order valence-corrected chi connectivity index (χ2v) is 5.88. The third-order valence-corrected chi connectivity index (χ3v) is 4.04. The van der Waals surface area contributed by atoms with Crippen molar-refractivity contribution in [3.05, 3.63) is 59.1 Å². The van der Waals surface area contributed by atoms with Gasteiger partial charge < -0.3 is 4.18 Å². The highest BCUT2D eigenvalue weighted by atomic mass is 35.5. The highest BCUT2D eigenvalue weighted by Gasteiger charge is 2.18. The molecule has 0 heterocycles. The third-order valence-electron chi connectivity index (χ3n) is 2.48. The van der Waals surface area contributed by atoms with Crippen LogP contribution < -0.4 is 10.1 Å². The fourth-order valence-electron chi connectivity index (χ4n) is 1.55. The van der Waals surface area contributed by atoms with Crippen LogP contribution in [0.5, 0.6) is 5.75 Å². The third kappa shape index (κ3) is 3.49. The van der Waals surface area contributed by atoms with Gasteiger partial charge in [-0.3, -0.25) is 4.84 Å². The number of benzene rings is 2. The van der Waals surface area contributed by atoms with Crippen LogP contribution in [0.2, 0.25) is 5.02 Å². The summed E-state index contributed by atoms with van der Waals surface area (Å²) in [6, 6.07) is 12.5. The van der Waals surface area contributed by atoms with Crippen LogP contribution in [-0.2, 0) is 21.6 Å². The summed E-state index contributed by atoms with van der Waals surface area (Å²) < 4.78 is 29.2. The molecule has 0 aliphatic rings. The van der Waals surface area contributed by atoms with Crippen LogP contribution in [0, 0.1) is 0 Å². The van der Waals surface area contributed by atoms with E-state index in [-0.39, 0.29) is 22.3 Å². The van der Waals surface area contributed by atoms with Gasteiger partial charge in [0.05, 0.1) is 11.6 Å². The Kier molecular flexibility index (Phi) is 4.61. The summed E-state index contributed by atoms with van der Waals surface area (Å²) in [5.41, 5.74) is 0.648. The predicted octanol–water partition coefficient (Wildman–Crippen LogP) is 2.50. The molecule has 106 valence electrons. The Labute approximate surface area is 122 Å². The van der Waals surface area contributed by atoms with Crippen molar-refractivity contribution in [2.45, 2.75) is 11.5 Å². The summed E-state index contributed by atoms with van der Waals surface area (Å²) in [7, 11) is -3.92. The second kappa shape index (κ2) is 6.23. The number of hydrogen-bond acceptors (Lipinski definition) is 5. The largest absolute Gasteiger partial charge is 0.377 e. The first-order chi connectivity index (χ1) is 9.53. The average molecular weight is 314 g/mol. The monoisotopic (exact) mass is 313 g/mol. The molecule has 5 nitrogen and oxygen atoms in total. The lowest BCUT2D eigenvalue weighted by molar-refractivity contribution is 0.124. The molecule has 0 unspecified atom stereocenters. The van der Waals surface area contributed by atoms with Gasteiger partial charge >= 0.3 is 10.1 Å². The molecule has 0 aliphatic heterocycles.